The van der Waals surface area contributed by atoms with Gasteiger partial charge < -0.3 is 10.2 Å². The predicted molar refractivity (Wildman–Crippen MR) is 135 cm³/mol. The SMILES string of the molecule is CC(C)(C)[C@@H](/C=C/c1ccc(Cl)cc1Cl)N=C1NC(=S)N(c2ccccc2)C1(C)C. The van der Waals surface area contributed by atoms with Crippen molar-refractivity contribution in [1.82, 2.24) is 5.32 Å². The Labute approximate surface area is 194 Å². The molecule has 3 nitrogen and oxygen atoms in total. The summed E-state index contributed by atoms with van der Waals surface area (Å²) in [6.07, 6.45) is 4.10. The van der Waals surface area contributed by atoms with E-state index in [4.69, 9.17) is 40.4 Å². The lowest BCUT2D eigenvalue weighted by Crippen LogP contribution is -2.45. The molecule has 1 aliphatic rings. The number of nitrogens with one attached hydrogen (secondary N) is 1. The van der Waals surface area contributed by atoms with Gasteiger partial charge in [-0.15, -0.1) is 0 Å². The summed E-state index contributed by atoms with van der Waals surface area (Å²) in [6, 6.07) is 15.6. The van der Waals surface area contributed by atoms with Gasteiger partial charge >= 0.3 is 0 Å². The number of halogens is 2. The molecule has 158 valence electrons. The highest BCUT2D eigenvalue weighted by molar-refractivity contribution is 7.80. The summed E-state index contributed by atoms with van der Waals surface area (Å²) in [7, 11) is 0. The summed E-state index contributed by atoms with van der Waals surface area (Å²) in [5.74, 6) is 0.850. The maximum absolute atomic E-state index is 6.34. The second kappa shape index (κ2) is 8.70. The molecule has 0 bridgehead atoms. The second-order valence-corrected chi connectivity index (χ2v) is 10.2. The van der Waals surface area contributed by atoms with Gasteiger partial charge in [0, 0.05) is 15.7 Å². The van der Waals surface area contributed by atoms with Gasteiger partial charge in [-0.25, -0.2) is 0 Å². The van der Waals surface area contributed by atoms with Crippen molar-refractivity contribution in [2.45, 2.75) is 46.2 Å². The Morgan fingerprint density at radius 2 is 1.77 bits per heavy atom. The van der Waals surface area contributed by atoms with E-state index < -0.39 is 5.54 Å². The monoisotopic (exact) mass is 459 g/mol. The molecule has 3 rings (SSSR count). The quantitative estimate of drug-likeness (QED) is 0.498. The number of benzene rings is 2. The van der Waals surface area contributed by atoms with Crippen LogP contribution in [0.25, 0.3) is 6.08 Å². The zero-order chi connectivity index (χ0) is 22.1. The average molecular weight is 460 g/mol. The van der Waals surface area contributed by atoms with E-state index in [0.717, 1.165) is 17.1 Å². The van der Waals surface area contributed by atoms with Gasteiger partial charge in [-0.1, -0.05) is 80.4 Å². The lowest BCUT2D eigenvalue weighted by Gasteiger charge is -2.32. The van der Waals surface area contributed by atoms with Crippen molar-refractivity contribution in [2.75, 3.05) is 4.90 Å². The number of hydrogen-bond donors (Lipinski definition) is 1. The van der Waals surface area contributed by atoms with Crippen LogP contribution in [0.15, 0.2) is 59.6 Å². The Morgan fingerprint density at radius 1 is 1.10 bits per heavy atom. The predicted octanol–water partition coefficient (Wildman–Crippen LogP) is 6.99. The number of thiocarbonyl (C=S) groups is 1. The van der Waals surface area contributed by atoms with Crippen molar-refractivity contribution in [1.29, 1.82) is 0 Å². The Kier molecular flexibility index (Phi) is 6.61. The molecule has 30 heavy (non-hydrogen) atoms. The number of nitrogens with zero attached hydrogens (tertiary/aromatic N) is 2. The number of para-hydroxylation sites is 1. The van der Waals surface area contributed by atoms with Gasteiger partial charge in [-0.2, -0.15) is 0 Å². The summed E-state index contributed by atoms with van der Waals surface area (Å²) in [4.78, 5) is 7.22. The third-order valence-electron chi connectivity index (χ3n) is 5.16. The van der Waals surface area contributed by atoms with Crippen molar-refractivity contribution in [2.24, 2.45) is 10.4 Å². The van der Waals surface area contributed by atoms with Crippen LogP contribution in [-0.4, -0.2) is 22.5 Å². The fourth-order valence-corrected chi connectivity index (χ4v) is 4.27. The van der Waals surface area contributed by atoms with Crippen LogP contribution in [0, 0.1) is 5.41 Å². The van der Waals surface area contributed by atoms with Crippen LogP contribution in [0.3, 0.4) is 0 Å². The fourth-order valence-electron chi connectivity index (χ4n) is 3.37. The van der Waals surface area contributed by atoms with E-state index in [9.17, 15) is 0 Å². The van der Waals surface area contributed by atoms with E-state index >= 15 is 0 Å². The molecule has 0 amide bonds. The number of anilines is 1. The number of rotatable bonds is 4. The van der Waals surface area contributed by atoms with Crippen molar-refractivity contribution < 1.29 is 0 Å². The van der Waals surface area contributed by atoms with Crippen LogP contribution in [-0.2, 0) is 0 Å². The van der Waals surface area contributed by atoms with Gasteiger partial charge in [0.1, 0.15) is 5.84 Å². The van der Waals surface area contributed by atoms with Crippen LogP contribution in [0.2, 0.25) is 10.0 Å². The summed E-state index contributed by atoms with van der Waals surface area (Å²) in [5.41, 5.74) is 1.46. The maximum atomic E-state index is 6.34. The van der Waals surface area contributed by atoms with Crippen LogP contribution >= 0.6 is 35.4 Å². The van der Waals surface area contributed by atoms with E-state index in [-0.39, 0.29) is 11.5 Å². The van der Waals surface area contributed by atoms with Gasteiger partial charge in [0.15, 0.2) is 5.11 Å². The van der Waals surface area contributed by atoms with Crippen molar-refractivity contribution in [3.63, 3.8) is 0 Å². The standard InChI is InChI=1S/C24H27Cl2N3S/c1-23(2,3)20(14-12-16-11-13-17(25)15-19(16)26)27-21-24(4,5)29(22(30)28-21)18-9-7-6-8-10-18/h6-15,20H,1-5H3,(H,27,28,30)/b14-12+/t20-/m1/s1. The van der Waals surface area contributed by atoms with E-state index in [0.29, 0.717) is 15.2 Å². The molecular weight excluding hydrogens is 433 g/mol. The summed E-state index contributed by atoms with van der Waals surface area (Å²) < 4.78 is 0. The first-order valence-corrected chi connectivity index (χ1v) is 11.0. The third kappa shape index (κ3) is 4.88. The van der Waals surface area contributed by atoms with E-state index in [1.165, 1.54) is 0 Å². The molecule has 1 fully saturated rings. The molecule has 0 saturated carbocycles. The lowest BCUT2D eigenvalue weighted by molar-refractivity contribution is 0.367. The van der Waals surface area contributed by atoms with Crippen LogP contribution in [0.1, 0.15) is 40.2 Å². The normalized spacial score (nSPS) is 18.8. The molecule has 1 atom stereocenters. The summed E-state index contributed by atoms with van der Waals surface area (Å²) in [5, 5.41) is 5.24. The average Bonchev–Trinajstić information content (AvgIpc) is 2.87. The summed E-state index contributed by atoms with van der Waals surface area (Å²) >= 11 is 18.0. The molecule has 1 aliphatic heterocycles. The minimum Gasteiger partial charge on any atom is -0.319 e. The first-order chi connectivity index (χ1) is 14.0. The molecule has 0 unspecified atom stereocenters. The molecule has 0 aliphatic carbocycles. The maximum Gasteiger partial charge on any atom is 0.179 e. The summed E-state index contributed by atoms with van der Waals surface area (Å²) in [6.45, 7) is 10.8. The topological polar surface area (TPSA) is 27.6 Å². The fraction of sp³-hybridized carbons (Fsp3) is 0.333. The van der Waals surface area contributed by atoms with Crippen LogP contribution in [0.5, 0.6) is 0 Å². The lowest BCUT2D eigenvalue weighted by atomic mass is 9.86. The molecule has 2 aromatic rings. The Hall–Kier alpha value is -1.88. The van der Waals surface area contributed by atoms with Gasteiger partial charge in [-0.05, 0) is 61.3 Å². The highest BCUT2D eigenvalue weighted by Crippen LogP contribution is 2.32. The molecule has 1 heterocycles. The van der Waals surface area contributed by atoms with Gasteiger partial charge in [0.2, 0.25) is 0 Å². The highest BCUT2D eigenvalue weighted by atomic mass is 35.5. The number of amidine groups is 1. The minimum absolute atomic E-state index is 0.0791. The van der Waals surface area contributed by atoms with Gasteiger partial charge in [0.05, 0.1) is 11.6 Å². The van der Waals surface area contributed by atoms with Gasteiger partial charge in [-0.3, -0.25) is 4.99 Å². The highest BCUT2D eigenvalue weighted by Gasteiger charge is 2.43. The number of aliphatic imine (C=N–C) groups is 1. The Bertz CT molecular complexity index is 991. The molecule has 6 heteroatoms. The zero-order valence-corrected chi connectivity index (χ0v) is 20.2. The van der Waals surface area contributed by atoms with E-state index in [2.05, 4.69) is 63.0 Å². The number of hydrogen-bond acceptors (Lipinski definition) is 2. The largest absolute Gasteiger partial charge is 0.319 e. The first-order valence-electron chi connectivity index (χ1n) is 9.88. The van der Waals surface area contributed by atoms with Crippen molar-refractivity contribution in [3.05, 3.63) is 70.2 Å². The molecule has 0 spiro atoms. The molecular formula is C24H27Cl2N3S. The van der Waals surface area contributed by atoms with Crippen molar-refractivity contribution >= 4 is 58.1 Å². The third-order valence-corrected chi connectivity index (χ3v) is 6.00. The molecule has 1 N–H and O–H groups in total. The minimum atomic E-state index is -0.395. The van der Waals surface area contributed by atoms with Crippen LogP contribution < -0.4 is 10.2 Å². The van der Waals surface area contributed by atoms with Crippen molar-refractivity contribution in [3.8, 4) is 0 Å². The van der Waals surface area contributed by atoms with Gasteiger partial charge in [0.25, 0.3) is 0 Å². The molecule has 0 radical (unpaired) electrons. The molecule has 0 aromatic heterocycles. The van der Waals surface area contributed by atoms with E-state index in [1.807, 2.05) is 36.4 Å². The molecule has 2 aromatic carbocycles. The van der Waals surface area contributed by atoms with Crippen LogP contribution in [0.4, 0.5) is 5.69 Å². The molecule has 1 saturated heterocycles. The second-order valence-electron chi connectivity index (χ2n) is 8.97. The zero-order valence-electron chi connectivity index (χ0n) is 17.9. The van der Waals surface area contributed by atoms with E-state index in [1.54, 1.807) is 6.07 Å². The smallest absolute Gasteiger partial charge is 0.179 e. The Morgan fingerprint density at radius 3 is 2.37 bits per heavy atom. The Balaban J connectivity index is 1.96. The first kappa shape index (κ1) is 22.8.